The lowest BCUT2D eigenvalue weighted by molar-refractivity contribution is 0.0980. The van der Waals surface area contributed by atoms with E-state index in [1.165, 1.54) is 23.9 Å². The fraction of sp³-hybridized carbons (Fsp3) is 0.333. The highest BCUT2D eigenvalue weighted by Crippen LogP contribution is 2.45. The second-order valence-corrected chi connectivity index (χ2v) is 16.0. The molecule has 1 atom stereocenters. The van der Waals surface area contributed by atoms with Crippen LogP contribution < -0.4 is 25.2 Å². The summed E-state index contributed by atoms with van der Waals surface area (Å²) < 4.78 is 12.4. The lowest BCUT2D eigenvalue weighted by Crippen LogP contribution is -2.25. The molecular formula is C39H46N4O5S2. The minimum Gasteiger partial charge on any atom is -0.455 e. The van der Waals surface area contributed by atoms with E-state index in [1.54, 1.807) is 30.3 Å². The average molecular weight is 715 g/mol. The summed E-state index contributed by atoms with van der Waals surface area (Å²) >= 11 is 2.90. The van der Waals surface area contributed by atoms with Crippen molar-refractivity contribution in [2.75, 3.05) is 37.4 Å². The number of carbonyl (C=O) groups is 2. The number of aliphatic hydroxyl groups is 2. The molecule has 0 fully saturated rings. The molecule has 0 bridgehead atoms. The Bertz CT molecular complexity index is 1930. The van der Waals surface area contributed by atoms with Crippen LogP contribution in [-0.4, -0.2) is 52.8 Å². The maximum absolute atomic E-state index is 14.2. The number of nitrogen functional groups attached to an aromatic ring is 1. The molecule has 3 aromatic carbocycles. The quantitative estimate of drug-likeness (QED) is 0.0508. The van der Waals surface area contributed by atoms with Gasteiger partial charge in [-0.3, -0.25) is 19.0 Å². The smallest absolute Gasteiger partial charge is 0.196 e. The van der Waals surface area contributed by atoms with E-state index in [0.717, 1.165) is 32.8 Å². The summed E-state index contributed by atoms with van der Waals surface area (Å²) in [6.45, 7) is 15.4. The standard InChI is InChI=1S/C39H46N4O5S2/c1-22-18-23(2)37(49-41-14-16-44)24(3)34(22)43-29-19-30(33(40)32-31(29)35(46)27-10-8-9-11-28(27)36(32)47)48-26-13-12-25(38(4,5)6)20-39(7,21-26)50-42-15-17-45/h8-13,18-21,41-45H,14-17,40H2,1-7H3. The molecule has 0 saturated carbocycles. The Labute approximate surface area is 303 Å². The summed E-state index contributed by atoms with van der Waals surface area (Å²) in [4.78, 5) is 29.3. The van der Waals surface area contributed by atoms with E-state index in [9.17, 15) is 19.8 Å². The number of aryl methyl sites for hydroxylation is 2. The summed E-state index contributed by atoms with van der Waals surface area (Å²) in [6.07, 6.45) is 8.06. The molecule has 0 aromatic heterocycles. The fourth-order valence-electron chi connectivity index (χ4n) is 6.17. The number of anilines is 3. The number of hydrogen-bond donors (Lipinski definition) is 6. The van der Waals surface area contributed by atoms with Gasteiger partial charge in [0, 0.05) is 40.9 Å². The maximum Gasteiger partial charge on any atom is 0.196 e. The van der Waals surface area contributed by atoms with Gasteiger partial charge in [0.25, 0.3) is 0 Å². The molecule has 264 valence electrons. The molecule has 5 rings (SSSR count). The van der Waals surface area contributed by atoms with Gasteiger partial charge in [0.1, 0.15) is 5.76 Å². The number of carbonyl (C=O) groups excluding carboxylic acids is 2. The van der Waals surface area contributed by atoms with E-state index in [0.29, 0.717) is 35.7 Å². The van der Waals surface area contributed by atoms with Gasteiger partial charge in [-0.05, 0) is 79.5 Å². The van der Waals surface area contributed by atoms with Gasteiger partial charge in [0.05, 0.1) is 40.5 Å². The molecule has 0 saturated heterocycles. The Hall–Kier alpha value is -3.84. The third kappa shape index (κ3) is 7.73. The van der Waals surface area contributed by atoms with Crippen molar-refractivity contribution in [3.05, 3.63) is 111 Å². The lowest BCUT2D eigenvalue weighted by Gasteiger charge is -2.27. The Balaban J connectivity index is 1.66. The van der Waals surface area contributed by atoms with Crippen LogP contribution in [0.3, 0.4) is 0 Å². The van der Waals surface area contributed by atoms with E-state index in [2.05, 4.69) is 54.6 Å². The number of fused-ring (bicyclic) bond motifs is 2. The summed E-state index contributed by atoms with van der Waals surface area (Å²) in [6, 6.07) is 10.6. The molecule has 0 spiro atoms. The number of nitrogens with two attached hydrogens (primary N) is 1. The molecule has 7 N–H and O–H groups in total. The molecule has 1 unspecified atom stereocenters. The Morgan fingerprint density at radius 2 is 1.52 bits per heavy atom. The Morgan fingerprint density at radius 3 is 2.16 bits per heavy atom. The zero-order chi connectivity index (χ0) is 36.4. The van der Waals surface area contributed by atoms with E-state index < -0.39 is 4.75 Å². The first-order chi connectivity index (χ1) is 23.7. The van der Waals surface area contributed by atoms with Crippen LogP contribution in [0.5, 0.6) is 5.75 Å². The van der Waals surface area contributed by atoms with Crippen LogP contribution in [0.15, 0.2) is 76.9 Å². The molecule has 11 heteroatoms. The SMILES string of the molecule is Cc1cc(C)c(SNCCO)c(C)c1Nc1cc(OC2=CC(C)(SNCCO)C=C(C(C)(C)C)C=C2)c(N)c2c1C(=O)c1ccccc1C2=O. The van der Waals surface area contributed by atoms with E-state index >= 15 is 0 Å². The van der Waals surface area contributed by atoms with Crippen LogP contribution in [0.2, 0.25) is 0 Å². The zero-order valence-corrected chi connectivity index (χ0v) is 31.2. The molecule has 0 radical (unpaired) electrons. The minimum absolute atomic E-state index is 0.000835. The number of allylic oxidation sites excluding steroid dienone is 3. The highest BCUT2D eigenvalue weighted by molar-refractivity contribution is 7.99. The van der Waals surface area contributed by atoms with E-state index in [1.807, 2.05) is 39.0 Å². The Kier molecular flexibility index (Phi) is 11.4. The number of nitrogens with one attached hydrogen (secondary N) is 3. The summed E-state index contributed by atoms with van der Waals surface area (Å²) in [5, 5.41) is 22.2. The van der Waals surface area contributed by atoms with Crippen molar-refractivity contribution in [2.24, 2.45) is 5.41 Å². The normalized spacial score (nSPS) is 17.1. The fourth-order valence-corrected chi connectivity index (χ4v) is 7.84. The van der Waals surface area contributed by atoms with Crippen LogP contribution in [0.25, 0.3) is 0 Å². The minimum atomic E-state index is -0.570. The van der Waals surface area contributed by atoms with Crippen molar-refractivity contribution in [1.29, 1.82) is 0 Å². The topological polar surface area (TPSA) is 146 Å². The summed E-state index contributed by atoms with van der Waals surface area (Å²) in [5.41, 5.74) is 12.9. The molecule has 9 nitrogen and oxygen atoms in total. The van der Waals surface area contributed by atoms with Gasteiger partial charge in [0.15, 0.2) is 17.3 Å². The number of benzene rings is 3. The highest BCUT2D eigenvalue weighted by atomic mass is 32.2. The summed E-state index contributed by atoms with van der Waals surface area (Å²) in [7, 11) is 0. The average Bonchev–Trinajstić information content (AvgIpc) is 3.23. The molecular weight excluding hydrogens is 669 g/mol. The van der Waals surface area contributed by atoms with Crippen molar-refractivity contribution in [1.82, 2.24) is 9.44 Å². The second-order valence-electron chi connectivity index (χ2n) is 13.7. The monoisotopic (exact) mass is 714 g/mol. The van der Waals surface area contributed by atoms with Crippen LogP contribution in [0, 0.1) is 26.2 Å². The van der Waals surface area contributed by atoms with Crippen molar-refractivity contribution in [2.45, 2.75) is 58.1 Å². The first-order valence-corrected chi connectivity index (χ1v) is 18.2. The van der Waals surface area contributed by atoms with Crippen molar-refractivity contribution in [3.63, 3.8) is 0 Å². The van der Waals surface area contributed by atoms with Crippen LogP contribution in [0.4, 0.5) is 17.1 Å². The molecule has 3 aromatic rings. The van der Waals surface area contributed by atoms with Crippen LogP contribution in [0.1, 0.15) is 76.2 Å². The van der Waals surface area contributed by atoms with Crippen molar-refractivity contribution in [3.8, 4) is 5.75 Å². The predicted molar refractivity (Wildman–Crippen MR) is 206 cm³/mol. The molecule has 0 amide bonds. The second kappa shape index (κ2) is 15.2. The number of ether oxygens (including phenoxy) is 1. The number of aliphatic hydroxyl groups excluding tert-OH is 2. The molecule has 0 heterocycles. The number of ketones is 2. The zero-order valence-electron chi connectivity index (χ0n) is 29.6. The first-order valence-electron chi connectivity index (χ1n) is 16.6. The van der Waals surface area contributed by atoms with E-state index in [-0.39, 0.29) is 52.8 Å². The molecule has 2 aliphatic carbocycles. The van der Waals surface area contributed by atoms with Crippen molar-refractivity contribution < 1.29 is 24.5 Å². The van der Waals surface area contributed by atoms with Gasteiger partial charge in [-0.2, -0.15) is 0 Å². The number of rotatable bonds is 12. The largest absolute Gasteiger partial charge is 0.455 e. The van der Waals surface area contributed by atoms with Gasteiger partial charge in [-0.25, -0.2) is 0 Å². The van der Waals surface area contributed by atoms with E-state index in [4.69, 9.17) is 10.5 Å². The Morgan fingerprint density at radius 1 is 0.880 bits per heavy atom. The van der Waals surface area contributed by atoms with Gasteiger partial charge in [0.2, 0.25) is 0 Å². The molecule has 50 heavy (non-hydrogen) atoms. The highest BCUT2D eigenvalue weighted by Gasteiger charge is 2.36. The van der Waals surface area contributed by atoms with Gasteiger partial charge < -0.3 is 26.0 Å². The van der Waals surface area contributed by atoms with Gasteiger partial charge >= 0.3 is 0 Å². The van der Waals surface area contributed by atoms with Gasteiger partial charge in [-0.1, -0.05) is 75.2 Å². The lowest BCUT2D eigenvalue weighted by atomic mass is 9.82. The van der Waals surface area contributed by atoms with Gasteiger partial charge in [-0.15, -0.1) is 0 Å². The molecule has 2 aliphatic rings. The maximum atomic E-state index is 14.2. The van der Waals surface area contributed by atoms with Crippen LogP contribution in [-0.2, 0) is 0 Å². The predicted octanol–water partition coefficient (Wildman–Crippen LogP) is 7.10. The third-order valence-electron chi connectivity index (χ3n) is 8.65. The first kappa shape index (κ1) is 37.4. The summed E-state index contributed by atoms with van der Waals surface area (Å²) in [5.74, 6) is 0.0900. The molecule has 0 aliphatic heterocycles. The van der Waals surface area contributed by atoms with Crippen LogP contribution >= 0.6 is 23.9 Å². The number of hydrogen-bond acceptors (Lipinski definition) is 11. The third-order valence-corrected chi connectivity index (χ3v) is 10.9. The van der Waals surface area contributed by atoms with Crippen molar-refractivity contribution >= 4 is 52.5 Å².